The predicted octanol–water partition coefficient (Wildman–Crippen LogP) is 4.21. The van der Waals surface area contributed by atoms with Crippen LogP contribution in [0.4, 0.5) is 0 Å². The Kier molecular flexibility index (Phi) is 4.17. The summed E-state index contributed by atoms with van der Waals surface area (Å²) >= 11 is 0. The van der Waals surface area contributed by atoms with Crippen molar-refractivity contribution in [1.82, 2.24) is 0 Å². The summed E-state index contributed by atoms with van der Waals surface area (Å²) in [5.41, 5.74) is 0. The Morgan fingerprint density at radius 1 is 1.07 bits per heavy atom. The molecule has 0 aromatic heterocycles. The molecule has 2 rings (SSSR count). The highest BCUT2D eigenvalue weighted by molar-refractivity contribution is 6.08. The van der Waals surface area contributed by atoms with Crippen molar-refractivity contribution in [2.75, 3.05) is 0 Å². The van der Waals surface area contributed by atoms with Gasteiger partial charge in [0.15, 0.2) is 0 Å². The zero-order chi connectivity index (χ0) is 10.7. The second-order valence-corrected chi connectivity index (χ2v) is 5.92. The molecule has 15 heavy (non-hydrogen) atoms. The molecule has 2 aliphatic carbocycles. The number of rotatable bonds is 4. The molecule has 0 amide bonds. The summed E-state index contributed by atoms with van der Waals surface area (Å²) in [6.07, 6.45) is 12.6. The van der Waals surface area contributed by atoms with Gasteiger partial charge in [0, 0.05) is 0 Å². The summed E-state index contributed by atoms with van der Waals surface area (Å²) < 4.78 is 0. The minimum absolute atomic E-state index is 0.898. The summed E-state index contributed by atoms with van der Waals surface area (Å²) in [4.78, 5) is 0. The molecule has 2 fully saturated rings. The van der Waals surface area contributed by atoms with E-state index in [1.54, 1.807) is 0 Å². The molecule has 0 N–H and O–H groups in total. The van der Waals surface area contributed by atoms with Gasteiger partial charge in [0.05, 0.1) is 7.85 Å². The molecule has 0 aliphatic heterocycles. The number of hydrogen-bond acceptors (Lipinski definition) is 0. The lowest BCUT2D eigenvalue weighted by atomic mass is 9.65. The maximum Gasteiger partial charge on any atom is 0.0653 e. The average molecular weight is 204 g/mol. The van der Waals surface area contributed by atoms with Gasteiger partial charge in [-0.2, -0.15) is 0 Å². The highest BCUT2D eigenvalue weighted by Crippen LogP contribution is 2.43. The monoisotopic (exact) mass is 204 g/mol. The quantitative estimate of drug-likeness (QED) is 0.602. The maximum atomic E-state index is 5.68. The van der Waals surface area contributed by atoms with Crippen molar-refractivity contribution in [2.45, 2.75) is 64.6 Å². The van der Waals surface area contributed by atoms with Crippen LogP contribution in [0.15, 0.2) is 0 Å². The van der Waals surface area contributed by atoms with Crippen LogP contribution < -0.4 is 0 Å². The normalized spacial score (nSPS) is 34.7. The zero-order valence-corrected chi connectivity index (χ0v) is 10.3. The van der Waals surface area contributed by atoms with Crippen molar-refractivity contribution in [3.63, 3.8) is 0 Å². The molecule has 2 saturated carbocycles. The average Bonchev–Trinajstić information content (AvgIpc) is 2.16. The van der Waals surface area contributed by atoms with Crippen LogP contribution in [0.5, 0.6) is 0 Å². The summed E-state index contributed by atoms with van der Waals surface area (Å²) in [7, 11) is 5.68. The molecule has 0 spiro atoms. The first-order chi connectivity index (χ1) is 7.31. The van der Waals surface area contributed by atoms with Gasteiger partial charge < -0.3 is 0 Å². The van der Waals surface area contributed by atoms with Gasteiger partial charge in [-0.1, -0.05) is 58.2 Å². The Balaban J connectivity index is 1.80. The van der Waals surface area contributed by atoms with Crippen molar-refractivity contribution >= 4 is 7.85 Å². The second-order valence-electron chi connectivity index (χ2n) is 5.92. The van der Waals surface area contributed by atoms with E-state index in [2.05, 4.69) is 6.92 Å². The SMILES string of the molecule is [B]CCC1CCCC(C(C)C2CCC2)C1. The molecule has 0 heterocycles. The van der Waals surface area contributed by atoms with Crippen molar-refractivity contribution < 1.29 is 0 Å². The van der Waals surface area contributed by atoms with Crippen LogP contribution in [0.1, 0.15) is 58.3 Å². The van der Waals surface area contributed by atoms with Crippen LogP contribution in [0.25, 0.3) is 0 Å². The topological polar surface area (TPSA) is 0 Å². The van der Waals surface area contributed by atoms with Crippen molar-refractivity contribution in [2.24, 2.45) is 23.7 Å². The van der Waals surface area contributed by atoms with E-state index >= 15 is 0 Å². The zero-order valence-electron chi connectivity index (χ0n) is 10.3. The third-order valence-electron chi connectivity index (χ3n) is 5.04. The molecule has 3 atom stereocenters. The minimum Gasteiger partial charge on any atom is -0.0884 e. The van der Waals surface area contributed by atoms with Crippen LogP contribution >= 0.6 is 0 Å². The molecule has 2 radical (unpaired) electrons. The molecule has 0 aromatic carbocycles. The second kappa shape index (κ2) is 5.41. The van der Waals surface area contributed by atoms with E-state index in [-0.39, 0.29) is 0 Å². The van der Waals surface area contributed by atoms with E-state index < -0.39 is 0 Å². The lowest BCUT2D eigenvalue weighted by Crippen LogP contribution is -2.29. The third kappa shape index (κ3) is 2.79. The van der Waals surface area contributed by atoms with Crippen LogP contribution in [-0.2, 0) is 0 Å². The fourth-order valence-electron chi connectivity index (χ4n) is 3.66. The molecule has 0 bridgehead atoms. The van der Waals surface area contributed by atoms with E-state index in [0.29, 0.717) is 0 Å². The summed E-state index contributed by atoms with van der Waals surface area (Å²) in [6.45, 7) is 2.51. The molecule has 2 aliphatic rings. The number of hydrogen-bond donors (Lipinski definition) is 0. The van der Waals surface area contributed by atoms with Gasteiger partial charge in [0.1, 0.15) is 0 Å². The van der Waals surface area contributed by atoms with Gasteiger partial charge in [-0.05, 0) is 30.1 Å². The van der Waals surface area contributed by atoms with Gasteiger partial charge in [-0.3, -0.25) is 0 Å². The first-order valence-corrected chi connectivity index (χ1v) is 7.01. The van der Waals surface area contributed by atoms with Crippen molar-refractivity contribution in [1.29, 1.82) is 0 Å². The van der Waals surface area contributed by atoms with Gasteiger partial charge in [-0.25, -0.2) is 0 Å². The fraction of sp³-hybridized carbons (Fsp3) is 1.00. The molecule has 3 unspecified atom stereocenters. The fourth-order valence-corrected chi connectivity index (χ4v) is 3.66. The highest BCUT2D eigenvalue weighted by Gasteiger charge is 2.32. The van der Waals surface area contributed by atoms with Crippen LogP contribution in [0.2, 0.25) is 6.32 Å². The summed E-state index contributed by atoms with van der Waals surface area (Å²) in [6, 6.07) is 0. The lowest BCUT2D eigenvalue weighted by molar-refractivity contribution is 0.110. The Bertz CT molecular complexity index is 184. The van der Waals surface area contributed by atoms with E-state index in [0.717, 1.165) is 30.0 Å². The van der Waals surface area contributed by atoms with Crippen LogP contribution in [0.3, 0.4) is 0 Å². The van der Waals surface area contributed by atoms with Gasteiger partial charge in [-0.15, -0.1) is 0 Å². The third-order valence-corrected chi connectivity index (χ3v) is 5.04. The van der Waals surface area contributed by atoms with Crippen molar-refractivity contribution in [3.05, 3.63) is 0 Å². The van der Waals surface area contributed by atoms with E-state index in [1.807, 2.05) is 0 Å². The molecular formula is C14H25B. The maximum absolute atomic E-state index is 5.68. The summed E-state index contributed by atoms with van der Waals surface area (Å²) in [5.74, 6) is 4.06. The van der Waals surface area contributed by atoms with E-state index in [4.69, 9.17) is 7.85 Å². The van der Waals surface area contributed by atoms with E-state index in [1.165, 1.54) is 51.4 Å². The molecule has 0 saturated heterocycles. The minimum atomic E-state index is 0.898. The Hall–Kier alpha value is 0.0649. The Morgan fingerprint density at radius 3 is 2.33 bits per heavy atom. The van der Waals surface area contributed by atoms with Gasteiger partial charge >= 0.3 is 0 Å². The van der Waals surface area contributed by atoms with Crippen molar-refractivity contribution in [3.8, 4) is 0 Å². The first-order valence-electron chi connectivity index (χ1n) is 7.01. The molecular weight excluding hydrogens is 179 g/mol. The lowest BCUT2D eigenvalue weighted by Gasteiger charge is -2.40. The molecule has 84 valence electrons. The van der Waals surface area contributed by atoms with Gasteiger partial charge in [0.2, 0.25) is 0 Å². The molecule has 0 nitrogen and oxygen atoms in total. The van der Waals surface area contributed by atoms with Crippen LogP contribution in [0, 0.1) is 23.7 Å². The highest BCUT2D eigenvalue weighted by atomic mass is 14.4. The standard InChI is InChI=1S/C14H25B/c1-11(13-5-3-6-13)14-7-2-4-12(10-14)8-9-15/h11-14H,2-10H2,1H3. The predicted molar refractivity (Wildman–Crippen MR) is 67.1 cm³/mol. The smallest absolute Gasteiger partial charge is 0.0653 e. The Morgan fingerprint density at radius 2 is 1.73 bits per heavy atom. The van der Waals surface area contributed by atoms with Gasteiger partial charge in [0.25, 0.3) is 0 Å². The van der Waals surface area contributed by atoms with Crippen LogP contribution in [-0.4, -0.2) is 7.85 Å². The Labute approximate surface area is 96.6 Å². The first kappa shape index (κ1) is 11.5. The summed E-state index contributed by atoms with van der Waals surface area (Å²) in [5, 5.41) is 0. The molecule has 1 heteroatoms. The largest absolute Gasteiger partial charge is 0.0884 e. The molecule has 0 aromatic rings. The van der Waals surface area contributed by atoms with E-state index in [9.17, 15) is 0 Å².